The van der Waals surface area contributed by atoms with Gasteiger partial charge in [0.05, 0.1) is 11.3 Å². The molecule has 3 amide bonds. The zero-order chi connectivity index (χ0) is 15.8. The first kappa shape index (κ1) is 16.6. The van der Waals surface area contributed by atoms with Crippen LogP contribution in [0.4, 0.5) is 0 Å². The number of carboxylic acid groups (broad SMARTS) is 1. The molecule has 0 saturated heterocycles. The minimum absolute atomic E-state index is 0.0610. The Hall–Kier alpha value is -2.42. The minimum Gasteiger partial charge on any atom is -0.480 e. The topological polar surface area (TPSA) is 139 Å². The SMILES string of the molecule is NC(=O)C[C@@H](NC(=O)CCNC(=O)c1cccs1)C(=O)O. The quantitative estimate of drug-likeness (QED) is 0.503. The van der Waals surface area contributed by atoms with Crippen LogP contribution >= 0.6 is 11.3 Å². The molecule has 0 saturated carbocycles. The zero-order valence-corrected chi connectivity index (χ0v) is 11.8. The second-order valence-corrected chi connectivity index (χ2v) is 5.06. The maximum atomic E-state index is 11.6. The fourth-order valence-electron chi connectivity index (χ4n) is 1.45. The molecule has 0 spiro atoms. The Morgan fingerprint density at radius 2 is 2.05 bits per heavy atom. The fraction of sp³-hybridized carbons (Fsp3) is 0.333. The van der Waals surface area contributed by atoms with Crippen LogP contribution in [0, 0.1) is 0 Å². The highest BCUT2D eigenvalue weighted by Crippen LogP contribution is 2.07. The van der Waals surface area contributed by atoms with Gasteiger partial charge in [-0.2, -0.15) is 0 Å². The number of carbonyl (C=O) groups excluding carboxylic acids is 3. The molecule has 114 valence electrons. The predicted molar refractivity (Wildman–Crippen MR) is 74.6 cm³/mol. The number of nitrogens with one attached hydrogen (secondary N) is 2. The lowest BCUT2D eigenvalue weighted by Gasteiger charge is -2.12. The Balaban J connectivity index is 2.34. The Bertz CT molecular complexity index is 529. The number of nitrogens with two attached hydrogens (primary N) is 1. The molecule has 0 aliphatic carbocycles. The molecule has 0 aliphatic rings. The van der Waals surface area contributed by atoms with Gasteiger partial charge in [0.15, 0.2) is 0 Å². The van der Waals surface area contributed by atoms with E-state index < -0.39 is 30.2 Å². The highest BCUT2D eigenvalue weighted by Gasteiger charge is 2.21. The maximum absolute atomic E-state index is 11.6. The lowest BCUT2D eigenvalue weighted by molar-refractivity contribution is -0.143. The first-order chi connectivity index (χ1) is 9.90. The van der Waals surface area contributed by atoms with Gasteiger partial charge in [0.25, 0.3) is 5.91 Å². The van der Waals surface area contributed by atoms with Crippen molar-refractivity contribution in [3.05, 3.63) is 22.4 Å². The third kappa shape index (κ3) is 6.04. The monoisotopic (exact) mass is 313 g/mol. The minimum atomic E-state index is -1.36. The zero-order valence-electron chi connectivity index (χ0n) is 11.0. The number of primary amides is 1. The first-order valence-electron chi connectivity index (χ1n) is 6.02. The third-order valence-electron chi connectivity index (χ3n) is 2.42. The van der Waals surface area contributed by atoms with E-state index in [0.717, 1.165) is 0 Å². The molecule has 1 atom stereocenters. The van der Waals surface area contributed by atoms with Crippen LogP contribution in [0.2, 0.25) is 0 Å². The molecule has 9 heteroatoms. The van der Waals surface area contributed by atoms with E-state index in [-0.39, 0.29) is 18.9 Å². The second-order valence-electron chi connectivity index (χ2n) is 4.11. The molecule has 1 aromatic heterocycles. The van der Waals surface area contributed by atoms with Gasteiger partial charge in [-0.3, -0.25) is 14.4 Å². The smallest absolute Gasteiger partial charge is 0.326 e. The van der Waals surface area contributed by atoms with Gasteiger partial charge < -0.3 is 21.5 Å². The number of carboxylic acids is 1. The predicted octanol–water partition coefficient (Wildman–Crippen LogP) is -0.687. The van der Waals surface area contributed by atoms with E-state index in [2.05, 4.69) is 10.6 Å². The van der Waals surface area contributed by atoms with E-state index in [1.165, 1.54) is 11.3 Å². The van der Waals surface area contributed by atoms with Gasteiger partial charge >= 0.3 is 5.97 Å². The normalized spacial score (nSPS) is 11.4. The summed E-state index contributed by atoms with van der Waals surface area (Å²) in [5.41, 5.74) is 4.89. The van der Waals surface area contributed by atoms with Gasteiger partial charge in [-0.05, 0) is 11.4 Å². The van der Waals surface area contributed by atoms with E-state index in [4.69, 9.17) is 10.8 Å². The van der Waals surface area contributed by atoms with Gasteiger partial charge in [-0.1, -0.05) is 6.07 Å². The van der Waals surface area contributed by atoms with E-state index in [1.54, 1.807) is 17.5 Å². The van der Waals surface area contributed by atoms with Gasteiger partial charge in [-0.25, -0.2) is 4.79 Å². The standard InChI is InChI=1S/C12H15N3O5S/c13-9(16)6-7(12(19)20)15-10(17)3-4-14-11(18)8-2-1-5-21-8/h1-2,5,7H,3-4,6H2,(H2,13,16)(H,14,18)(H,15,17)(H,19,20)/t7-/m1/s1. The number of aliphatic carboxylic acids is 1. The molecule has 0 bridgehead atoms. The molecule has 0 aromatic carbocycles. The van der Waals surface area contributed by atoms with Crippen molar-refractivity contribution in [1.82, 2.24) is 10.6 Å². The summed E-state index contributed by atoms with van der Waals surface area (Å²) in [4.78, 5) is 45.1. The summed E-state index contributed by atoms with van der Waals surface area (Å²) in [6.45, 7) is 0.0610. The van der Waals surface area contributed by atoms with Gasteiger partial charge in [0, 0.05) is 13.0 Å². The van der Waals surface area contributed by atoms with Crippen LogP contribution in [-0.2, 0) is 14.4 Å². The largest absolute Gasteiger partial charge is 0.480 e. The van der Waals surface area contributed by atoms with Crippen molar-refractivity contribution in [1.29, 1.82) is 0 Å². The summed E-state index contributed by atoms with van der Waals surface area (Å²) >= 11 is 1.27. The van der Waals surface area contributed by atoms with E-state index in [0.29, 0.717) is 4.88 Å². The van der Waals surface area contributed by atoms with Crippen LogP contribution in [0.15, 0.2) is 17.5 Å². The molecular weight excluding hydrogens is 298 g/mol. The Morgan fingerprint density at radius 1 is 1.33 bits per heavy atom. The summed E-state index contributed by atoms with van der Waals surface area (Å²) in [7, 11) is 0. The van der Waals surface area contributed by atoms with E-state index >= 15 is 0 Å². The molecule has 0 unspecified atom stereocenters. The third-order valence-corrected chi connectivity index (χ3v) is 3.29. The number of amides is 3. The highest BCUT2D eigenvalue weighted by atomic mass is 32.1. The van der Waals surface area contributed by atoms with Crippen molar-refractivity contribution in [2.75, 3.05) is 6.54 Å². The summed E-state index contributed by atoms with van der Waals surface area (Å²) in [6, 6.07) is 2.02. The Morgan fingerprint density at radius 3 is 2.57 bits per heavy atom. The summed E-state index contributed by atoms with van der Waals surface area (Å²) < 4.78 is 0. The molecule has 0 fully saturated rings. The molecule has 0 aliphatic heterocycles. The van der Waals surface area contributed by atoms with Crippen LogP contribution in [-0.4, -0.2) is 41.4 Å². The van der Waals surface area contributed by atoms with Crippen LogP contribution in [0.3, 0.4) is 0 Å². The molecule has 1 rings (SSSR count). The Labute approximate surface area is 124 Å². The average Bonchev–Trinajstić information content (AvgIpc) is 2.91. The van der Waals surface area contributed by atoms with E-state index in [1.807, 2.05) is 0 Å². The molecule has 0 radical (unpaired) electrons. The first-order valence-corrected chi connectivity index (χ1v) is 6.90. The summed E-state index contributed by atoms with van der Waals surface area (Å²) in [6.07, 6.45) is -0.581. The average molecular weight is 313 g/mol. The van der Waals surface area contributed by atoms with Gasteiger partial charge in [0.2, 0.25) is 11.8 Å². The molecule has 1 heterocycles. The van der Waals surface area contributed by atoms with Gasteiger partial charge in [0.1, 0.15) is 6.04 Å². The number of thiophene rings is 1. The maximum Gasteiger partial charge on any atom is 0.326 e. The van der Waals surface area contributed by atoms with Crippen LogP contribution in [0.25, 0.3) is 0 Å². The van der Waals surface area contributed by atoms with Crippen molar-refractivity contribution in [2.45, 2.75) is 18.9 Å². The number of hydrogen-bond donors (Lipinski definition) is 4. The molecule has 8 nitrogen and oxygen atoms in total. The molecule has 1 aromatic rings. The fourth-order valence-corrected chi connectivity index (χ4v) is 2.09. The molecule has 5 N–H and O–H groups in total. The molecular formula is C12H15N3O5S. The lowest BCUT2D eigenvalue weighted by Crippen LogP contribution is -2.44. The Kier molecular flexibility index (Phi) is 6.34. The van der Waals surface area contributed by atoms with Gasteiger partial charge in [-0.15, -0.1) is 11.3 Å². The number of rotatable bonds is 8. The van der Waals surface area contributed by atoms with Crippen LogP contribution in [0.1, 0.15) is 22.5 Å². The lowest BCUT2D eigenvalue weighted by atomic mass is 10.2. The van der Waals surface area contributed by atoms with Crippen LogP contribution in [0.5, 0.6) is 0 Å². The second kappa shape index (κ2) is 8.00. The number of hydrogen-bond acceptors (Lipinski definition) is 5. The summed E-state index contributed by atoms with van der Waals surface area (Å²) in [5.74, 6) is -3.06. The van der Waals surface area contributed by atoms with Crippen LogP contribution < -0.4 is 16.4 Å². The molecule has 21 heavy (non-hydrogen) atoms. The number of carbonyl (C=O) groups is 4. The summed E-state index contributed by atoms with van der Waals surface area (Å²) in [5, 5.41) is 15.3. The van der Waals surface area contributed by atoms with Crippen molar-refractivity contribution < 1.29 is 24.3 Å². The van der Waals surface area contributed by atoms with Crippen molar-refractivity contribution >= 4 is 35.0 Å². The van der Waals surface area contributed by atoms with Crippen molar-refractivity contribution in [3.8, 4) is 0 Å². The van der Waals surface area contributed by atoms with E-state index in [9.17, 15) is 19.2 Å². The highest BCUT2D eigenvalue weighted by molar-refractivity contribution is 7.12. The van der Waals surface area contributed by atoms with Crippen molar-refractivity contribution in [3.63, 3.8) is 0 Å². The van der Waals surface area contributed by atoms with Crippen molar-refractivity contribution in [2.24, 2.45) is 5.73 Å².